The third-order valence-corrected chi connectivity index (χ3v) is 5.77. The zero-order valence-corrected chi connectivity index (χ0v) is 18.7. The molecule has 0 amide bonds. The number of rotatable bonds is 5. The summed E-state index contributed by atoms with van der Waals surface area (Å²) in [5, 5.41) is 19.5. The van der Waals surface area contributed by atoms with E-state index in [0.29, 0.717) is 26.5 Å². The molecular formula is C24H18ClN5O4. The SMILES string of the molecule is Cn1cc2cc(Nc3cc(=O)n(CC(=O)O)c(=O)n3-c3cccc4ccccc34)c(Cl)cc2n1. The molecule has 170 valence electrons. The first-order chi connectivity index (χ1) is 16.3. The van der Waals surface area contributed by atoms with Gasteiger partial charge in [0.15, 0.2) is 0 Å². The molecule has 0 saturated carbocycles. The summed E-state index contributed by atoms with van der Waals surface area (Å²) in [5.74, 6) is -1.15. The van der Waals surface area contributed by atoms with Crippen LogP contribution in [0.3, 0.4) is 0 Å². The van der Waals surface area contributed by atoms with Gasteiger partial charge in [0.05, 0.1) is 21.9 Å². The Labute approximate surface area is 197 Å². The Morgan fingerprint density at radius 3 is 2.62 bits per heavy atom. The first kappa shape index (κ1) is 21.5. The van der Waals surface area contributed by atoms with Crippen molar-refractivity contribution < 1.29 is 9.90 Å². The fourth-order valence-corrected chi connectivity index (χ4v) is 4.19. The number of anilines is 2. The molecule has 0 spiro atoms. The van der Waals surface area contributed by atoms with Crippen molar-refractivity contribution in [1.29, 1.82) is 0 Å². The van der Waals surface area contributed by atoms with E-state index < -0.39 is 23.8 Å². The molecule has 0 aliphatic heterocycles. The van der Waals surface area contributed by atoms with Crippen LogP contribution in [0.2, 0.25) is 5.02 Å². The lowest BCUT2D eigenvalue weighted by atomic mass is 10.1. The fourth-order valence-electron chi connectivity index (χ4n) is 3.99. The van der Waals surface area contributed by atoms with Crippen LogP contribution in [-0.2, 0) is 18.4 Å². The highest BCUT2D eigenvalue weighted by Crippen LogP contribution is 2.31. The van der Waals surface area contributed by atoms with Gasteiger partial charge >= 0.3 is 11.7 Å². The van der Waals surface area contributed by atoms with Gasteiger partial charge < -0.3 is 10.4 Å². The summed E-state index contributed by atoms with van der Waals surface area (Å²) in [7, 11) is 1.79. The second-order valence-electron chi connectivity index (χ2n) is 7.78. The second-order valence-corrected chi connectivity index (χ2v) is 8.19. The first-order valence-corrected chi connectivity index (χ1v) is 10.7. The number of carboxylic acid groups (broad SMARTS) is 1. The molecule has 9 nitrogen and oxygen atoms in total. The Morgan fingerprint density at radius 2 is 1.82 bits per heavy atom. The van der Waals surface area contributed by atoms with Crippen molar-refractivity contribution in [1.82, 2.24) is 18.9 Å². The largest absolute Gasteiger partial charge is 0.480 e. The molecule has 2 aromatic heterocycles. The van der Waals surface area contributed by atoms with Crippen LogP contribution in [0.1, 0.15) is 0 Å². The maximum atomic E-state index is 13.5. The molecule has 2 N–H and O–H groups in total. The summed E-state index contributed by atoms with van der Waals surface area (Å²) in [4.78, 5) is 37.5. The minimum atomic E-state index is -1.30. The standard InChI is InChI=1S/C24H18ClN5O4/c1-28-12-15-9-19(17(25)10-18(15)27-28)26-21-11-22(31)29(13-23(32)33)24(34)30(21)20-8-4-6-14-5-2-3-7-16(14)20/h2-12,26H,13H2,1H3,(H,32,33). The second kappa shape index (κ2) is 8.20. The van der Waals surface area contributed by atoms with Crippen LogP contribution in [0.25, 0.3) is 27.4 Å². The molecule has 34 heavy (non-hydrogen) atoms. The summed E-state index contributed by atoms with van der Waals surface area (Å²) in [6.07, 6.45) is 1.82. The van der Waals surface area contributed by atoms with E-state index in [1.54, 1.807) is 36.0 Å². The van der Waals surface area contributed by atoms with Gasteiger partial charge in [0.2, 0.25) is 0 Å². The summed E-state index contributed by atoms with van der Waals surface area (Å²) in [6, 6.07) is 17.5. The highest BCUT2D eigenvalue weighted by atomic mass is 35.5. The lowest BCUT2D eigenvalue weighted by Crippen LogP contribution is -2.41. The molecule has 0 radical (unpaired) electrons. The van der Waals surface area contributed by atoms with E-state index >= 15 is 0 Å². The normalized spacial score (nSPS) is 11.2. The minimum absolute atomic E-state index is 0.151. The predicted octanol–water partition coefficient (Wildman–Crippen LogP) is 3.52. The van der Waals surface area contributed by atoms with Gasteiger partial charge in [-0.3, -0.25) is 14.3 Å². The highest BCUT2D eigenvalue weighted by molar-refractivity contribution is 6.34. The Kier molecular flexibility index (Phi) is 5.18. The minimum Gasteiger partial charge on any atom is -0.480 e. The van der Waals surface area contributed by atoms with Crippen molar-refractivity contribution in [3.8, 4) is 5.69 Å². The number of carbonyl (C=O) groups is 1. The van der Waals surface area contributed by atoms with Gasteiger partial charge in [-0.15, -0.1) is 0 Å². The Hall–Kier alpha value is -4.37. The van der Waals surface area contributed by atoms with Crippen LogP contribution in [0, 0.1) is 0 Å². The Balaban J connectivity index is 1.77. The topological polar surface area (TPSA) is 111 Å². The molecule has 3 aromatic carbocycles. The molecule has 2 heterocycles. The fraction of sp³-hybridized carbons (Fsp3) is 0.0833. The van der Waals surface area contributed by atoms with E-state index in [-0.39, 0.29) is 5.82 Å². The van der Waals surface area contributed by atoms with Crippen LogP contribution in [0.15, 0.2) is 76.4 Å². The van der Waals surface area contributed by atoms with E-state index in [9.17, 15) is 19.5 Å². The van der Waals surface area contributed by atoms with Gasteiger partial charge in [0, 0.05) is 30.1 Å². The monoisotopic (exact) mass is 475 g/mol. The van der Waals surface area contributed by atoms with Gasteiger partial charge in [-0.1, -0.05) is 48.0 Å². The number of aryl methyl sites for hydroxylation is 1. The number of carboxylic acids is 1. The highest BCUT2D eigenvalue weighted by Gasteiger charge is 2.18. The molecule has 0 atom stereocenters. The van der Waals surface area contributed by atoms with Crippen LogP contribution >= 0.6 is 11.6 Å². The third-order valence-electron chi connectivity index (χ3n) is 5.46. The van der Waals surface area contributed by atoms with E-state index in [1.165, 1.54) is 10.6 Å². The van der Waals surface area contributed by atoms with E-state index in [2.05, 4.69) is 10.4 Å². The molecule has 0 bridgehead atoms. The van der Waals surface area contributed by atoms with Crippen LogP contribution in [0.5, 0.6) is 0 Å². The maximum Gasteiger partial charge on any atom is 0.337 e. The van der Waals surface area contributed by atoms with Crippen molar-refractivity contribution >= 4 is 50.8 Å². The van der Waals surface area contributed by atoms with Crippen molar-refractivity contribution in [3.63, 3.8) is 0 Å². The van der Waals surface area contributed by atoms with Crippen molar-refractivity contribution in [3.05, 3.63) is 92.7 Å². The van der Waals surface area contributed by atoms with Gasteiger partial charge in [0.1, 0.15) is 12.4 Å². The Bertz CT molecular complexity index is 1710. The van der Waals surface area contributed by atoms with Crippen LogP contribution in [0.4, 0.5) is 11.5 Å². The van der Waals surface area contributed by atoms with Crippen molar-refractivity contribution in [2.24, 2.45) is 7.05 Å². The number of halogens is 1. The van der Waals surface area contributed by atoms with Gasteiger partial charge in [-0.2, -0.15) is 5.10 Å². The van der Waals surface area contributed by atoms with Crippen molar-refractivity contribution in [2.45, 2.75) is 6.54 Å². The molecule has 0 aliphatic carbocycles. The quantitative estimate of drug-likeness (QED) is 0.402. The number of fused-ring (bicyclic) bond motifs is 2. The molecule has 10 heteroatoms. The zero-order chi connectivity index (χ0) is 24.0. The van der Waals surface area contributed by atoms with Gasteiger partial charge in [-0.25, -0.2) is 13.9 Å². The third kappa shape index (κ3) is 3.71. The lowest BCUT2D eigenvalue weighted by Gasteiger charge is -2.18. The van der Waals surface area contributed by atoms with Gasteiger partial charge in [-0.05, 0) is 23.6 Å². The number of aliphatic carboxylic acids is 1. The number of aromatic nitrogens is 4. The summed E-state index contributed by atoms with van der Waals surface area (Å²) >= 11 is 6.48. The van der Waals surface area contributed by atoms with E-state index in [0.717, 1.165) is 16.2 Å². The molecule has 5 rings (SSSR count). The molecule has 5 aromatic rings. The molecule has 0 aliphatic rings. The average molecular weight is 476 g/mol. The first-order valence-electron chi connectivity index (χ1n) is 10.3. The average Bonchev–Trinajstić information content (AvgIpc) is 3.15. The van der Waals surface area contributed by atoms with Crippen LogP contribution in [-0.4, -0.2) is 30.0 Å². The molecule has 0 saturated heterocycles. The van der Waals surface area contributed by atoms with Gasteiger partial charge in [0.25, 0.3) is 5.56 Å². The number of hydrogen-bond donors (Lipinski definition) is 2. The number of hydrogen-bond acceptors (Lipinski definition) is 5. The van der Waals surface area contributed by atoms with Crippen molar-refractivity contribution in [2.75, 3.05) is 5.32 Å². The zero-order valence-electron chi connectivity index (χ0n) is 17.9. The smallest absolute Gasteiger partial charge is 0.337 e. The maximum absolute atomic E-state index is 13.5. The summed E-state index contributed by atoms with van der Waals surface area (Å²) in [5.41, 5.74) is 0.118. The summed E-state index contributed by atoms with van der Waals surface area (Å²) in [6.45, 7) is -0.759. The summed E-state index contributed by atoms with van der Waals surface area (Å²) < 4.78 is 3.63. The van der Waals surface area contributed by atoms with E-state index in [4.69, 9.17) is 11.6 Å². The molecular weight excluding hydrogens is 458 g/mol. The van der Waals surface area contributed by atoms with E-state index in [1.807, 2.05) is 36.5 Å². The lowest BCUT2D eigenvalue weighted by molar-refractivity contribution is -0.137. The number of benzene rings is 3. The number of nitrogens with one attached hydrogen (secondary N) is 1. The molecule has 0 unspecified atom stereocenters. The number of nitrogens with zero attached hydrogens (tertiary/aromatic N) is 4. The Morgan fingerprint density at radius 1 is 1.06 bits per heavy atom. The predicted molar refractivity (Wildman–Crippen MR) is 130 cm³/mol. The van der Waals surface area contributed by atoms with Crippen LogP contribution < -0.4 is 16.6 Å². The molecule has 0 fully saturated rings.